The van der Waals surface area contributed by atoms with Crippen molar-refractivity contribution in [3.05, 3.63) is 23.7 Å². The molecule has 1 aromatic heterocycles. The van der Waals surface area contributed by atoms with Gasteiger partial charge in [0.1, 0.15) is 17.1 Å². The van der Waals surface area contributed by atoms with Crippen molar-refractivity contribution in [3.63, 3.8) is 0 Å². The highest BCUT2D eigenvalue weighted by molar-refractivity contribution is 5.67. The van der Waals surface area contributed by atoms with Crippen LogP contribution in [0, 0.1) is 5.92 Å². The number of carbonyl (C=O) groups is 1. The summed E-state index contributed by atoms with van der Waals surface area (Å²) in [5.74, 6) is 2.29. The minimum atomic E-state index is -0.477. The van der Waals surface area contributed by atoms with Crippen LogP contribution in [0.25, 0.3) is 0 Å². The van der Waals surface area contributed by atoms with Crippen molar-refractivity contribution in [2.75, 3.05) is 6.54 Å². The van der Waals surface area contributed by atoms with Gasteiger partial charge in [-0.2, -0.15) is 0 Å². The molecular weight excluding hydrogens is 280 g/mol. The van der Waals surface area contributed by atoms with Crippen molar-refractivity contribution < 1.29 is 13.9 Å². The minimum absolute atomic E-state index is 0.155. The fourth-order valence-corrected chi connectivity index (χ4v) is 1.99. The molecule has 0 aromatic carbocycles. The summed E-state index contributed by atoms with van der Waals surface area (Å²) < 4.78 is 10.9. The van der Waals surface area contributed by atoms with Crippen molar-refractivity contribution in [3.8, 4) is 0 Å². The molecule has 1 heterocycles. The second-order valence-corrected chi connectivity index (χ2v) is 6.84. The van der Waals surface area contributed by atoms with Crippen molar-refractivity contribution >= 4 is 6.09 Å². The Morgan fingerprint density at radius 2 is 1.91 bits per heavy atom. The molecule has 5 heteroatoms. The highest BCUT2D eigenvalue weighted by Crippen LogP contribution is 2.10. The topological polar surface area (TPSA) is 63.5 Å². The molecule has 1 rings (SSSR count). The molecular formula is C17H30N2O3. The molecule has 5 nitrogen and oxygen atoms in total. The van der Waals surface area contributed by atoms with Gasteiger partial charge in [-0.1, -0.05) is 20.8 Å². The molecule has 0 radical (unpaired) electrons. The number of aryl methyl sites for hydroxylation is 1. The van der Waals surface area contributed by atoms with E-state index >= 15 is 0 Å². The van der Waals surface area contributed by atoms with Crippen LogP contribution in [-0.2, 0) is 17.7 Å². The predicted octanol–water partition coefficient (Wildman–Crippen LogP) is 3.48. The third-order valence-corrected chi connectivity index (χ3v) is 3.27. The van der Waals surface area contributed by atoms with Gasteiger partial charge in [0, 0.05) is 19.0 Å². The Hall–Kier alpha value is -1.49. The summed E-state index contributed by atoms with van der Waals surface area (Å²) in [6.45, 7) is 13.0. The van der Waals surface area contributed by atoms with Gasteiger partial charge in [0.05, 0.1) is 6.54 Å². The number of hydrogen-bond acceptors (Lipinski definition) is 4. The maximum Gasteiger partial charge on any atom is 0.407 e. The number of ether oxygens (including phenoxy) is 1. The average Bonchev–Trinajstić information content (AvgIpc) is 2.84. The molecule has 22 heavy (non-hydrogen) atoms. The first-order valence-corrected chi connectivity index (χ1v) is 7.99. The van der Waals surface area contributed by atoms with Crippen molar-refractivity contribution in [1.82, 2.24) is 10.6 Å². The first-order chi connectivity index (χ1) is 10.2. The zero-order valence-corrected chi connectivity index (χ0v) is 14.7. The van der Waals surface area contributed by atoms with E-state index in [1.807, 2.05) is 32.9 Å². The highest BCUT2D eigenvalue weighted by Gasteiger charge is 2.19. The normalized spacial score (nSPS) is 13.2. The second-order valence-electron chi connectivity index (χ2n) is 6.84. The van der Waals surface area contributed by atoms with Crippen LogP contribution in [-0.4, -0.2) is 24.3 Å². The lowest BCUT2D eigenvalue weighted by atomic mass is 10.0. The van der Waals surface area contributed by atoms with E-state index in [1.165, 1.54) is 0 Å². The van der Waals surface area contributed by atoms with Gasteiger partial charge in [0.25, 0.3) is 0 Å². The molecule has 1 unspecified atom stereocenters. The van der Waals surface area contributed by atoms with Crippen LogP contribution in [0.2, 0.25) is 0 Å². The molecule has 1 aromatic rings. The van der Waals surface area contributed by atoms with Gasteiger partial charge in [0.15, 0.2) is 0 Å². The van der Waals surface area contributed by atoms with Gasteiger partial charge in [-0.05, 0) is 38.8 Å². The summed E-state index contributed by atoms with van der Waals surface area (Å²) in [5.41, 5.74) is -0.477. The molecule has 0 saturated heterocycles. The standard InChI is InChI=1S/C17H30N2O3/c1-7-13-8-9-14(21-13)10-18-15(12(2)3)11-19-16(20)22-17(4,5)6/h8-9,12,15,18H,7,10-11H2,1-6H3,(H,19,20). The second kappa shape index (κ2) is 8.22. The van der Waals surface area contributed by atoms with E-state index in [0.717, 1.165) is 17.9 Å². The lowest BCUT2D eigenvalue weighted by Gasteiger charge is -2.24. The first-order valence-electron chi connectivity index (χ1n) is 7.99. The van der Waals surface area contributed by atoms with Crippen LogP contribution in [0.15, 0.2) is 16.5 Å². The number of rotatable bonds is 7. The number of hydrogen-bond donors (Lipinski definition) is 2. The van der Waals surface area contributed by atoms with E-state index in [2.05, 4.69) is 31.4 Å². The molecule has 0 fully saturated rings. The number of carbonyl (C=O) groups excluding carboxylic acids is 1. The molecule has 1 atom stereocenters. The molecule has 0 aliphatic heterocycles. The number of furan rings is 1. The van der Waals surface area contributed by atoms with Gasteiger partial charge in [-0.25, -0.2) is 4.79 Å². The zero-order chi connectivity index (χ0) is 16.8. The van der Waals surface area contributed by atoms with Crippen LogP contribution in [0.1, 0.15) is 53.1 Å². The minimum Gasteiger partial charge on any atom is -0.465 e. The first kappa shape index (κ1) is 18.6. The summed E-state index contributed by atoms with van der Waals surface area (Å²) in [7, 11) is 0. The van der Waals surface area contributed by atoms with Crippen molar-refractivity contribution in [1.29, 1.82) is 0 Å². The van der Waals surface area contributed by atoms with Gasteiger partial charge in [-0.15, -0.1) is 0 Å². The smallest absolute Gasteiger partial charge is 0.407 e. The summed E-state index contributed by atoms with van der Waals surface area (Å²) >= 11 is 0. The fourth-order valence-electron chi connectivity index (χ4n) is 1.99. The molecule has 0 saturated carbocycles. The van der Waals surface area contributed by atoms with Gasteiger partial charge in [0.2, 0.25) is 0 Å². The molecule has 2 N–H and O–H groups in total. The highest BCUT2D eigenvalue weighted by atomic mass is 16.6. The monoisotopic (exact) mass is 310 g/mol. The Morgan fingerprint density at radius 3 is 2.41 bits per heavy atom. The SMILES string of the molecule is CCc1ccc(CNC(CNC(=O)OC(C)(C)C)C(C)C)o1. The lowest BCUT2D eigenvalue weighted by Crippen LogP contribution is -2.45. The molecule has 0 aliphatic rings. The quantitative estimate of drug-likeness (QED) is 0.809. The van der Waals surface area contributed by atoms with E-state index in [-0.39, 0.29) is 12.1 Å². The van der Waals surface area contributed by atoms with Crippen LogP contribution >= 0.6 is 0 Å². The van der Waals surface area contributed by atoms with E-state index in [0.29, 0.717) is 19.0 Å². The van der Waals surface area contributed by atoms with Crippen molar-refractivity contribution in [2.45, 2.75) is 66.2 Å². The average molecular weight is 310 g/mol. The van der Waals surface area contributed by atoms with E-state index in [1.54, 1.807) is 0 Å². The molecule has 1 amide bonds. The summed E-state index contributed by atoms with van der Waals surface area (Å²) in [6, 6.07) is 4.15. The maximum atomic E-state index is 11.7. The summed E-state index contributed by atoms with van der Waals surface area (Å²) in [4.78, 5) is 11.7. The van der Waals surface area contributed by atoms with Crippen molar-refractivity contribution in [2.24, 2.45) is 5.92 Å². The van der Waals surface area contributed by atoms with Gasteiger partial charge in [-0.3, -0.25) is 0 Å². The van der Waals surface area contributed by atoms with E-state index in [9.17, 15) is 4.79 Å². The van der Waals surface area contributed by atoms with E-state index in [4.69, 9.17) is 9.15 Å². The van der Waals surface area contributed by atoms with Crippen LogP contribution in [0.5, 0.6) is 0 Å². The molecule has 126 valence electrons. The summed E-state index contributed by atoms with van der Waals surface area (Å²) in [5, 5.41) is 6.25. The molecule has 0 spiro atoms. The lowest BCUT2D eigenvalue weighted by molar-refractivity contribution is 0.0519. The third-order valence-electron chi connectivity index (χ3n) is 3.27. The Bertz CT molecular complexity index is 461. The maximum absolute atomic E-state index is 11.7. The van der Waals surface area contributed by atoms with Crippen LogP contribution in [0.3, 0.4) is 0 Å². The Labute approximate surface area is 133 Å². The third kappa shape index (κ3) is 6.98. The number of amides is 1. The largest absolute Gasteiger partial charge is 0.465 e. The predicted molar refractivity (Wildman–Crippen MR) is 87.8 cm³/mol. The molecule has 0 aliphatic carbocycles. The Kier molecular flexibility index (Phi) is 6.94. The number of alkyl carbamates (subject to hydrolysis) is 1. The summed E-state index contributed by atoms with van der Waals surface area (Å²) in [6.07, 6.45) is 0.514. The van der Waals surface area contributed by atoms with Gasteiger partial charge >= 0.3 is 6.09 Å². The van der Waals surface area contributed by atoms with Gasteiger partial charge < -0.3 is 19.8 Å². The van der Waals surface area contributed by atoms with E-state index < -0.39 is 5.60 Å². The van der Waals surface area contributed by atoms with Crippen LogP contribution in [0.4, 0.5) is 4.79 Å². The fraction of sp³-hybridized carbons (Fsp3) is 0.706. The Morgan fingerprint density at radius 1 is 1.27 bits per heavy atom. The number of nitrogens with one attached hydrogen (secondary N) is 2. The van der Waals surface area contributed by atoms with Crippen LogP contribution < -0.4 is 10.6 Å². The zero-order valence-electron chi connectivity index (χ0n) is 14.7. The Balaban J connectivity index is 2.43. The molecule has 0 bridgehead atoms.